The molecule has 3 rings (SSSR count). The number of carbonyl (C=O) groups excluding carboxylic acids is 2. The summed E-state index contributed by atoms with van der Waals surface area (Å²) in [5, 5.41) is 0.425. The van der Waals surface area contributed by atoms with Gasteiger partial charge in [0.25, 0.3) is 11.7 Å². The Bertz CT molecular complexity index is 724. The Morgan fingerprint density at radius 1 is 1.10 bits per heavy atom. The van der Waals surface area contributed by atoms with Crippen molar-refractivity contribution in [3.63, 3.8) is 0 Å². The lowest BCUT2D eigenvalue weighted by molar-refractivity contribution is -0.114. The van der Waals surface area contributed by atoms with Gasteiger partial charge in [-0.3, -0.25) is 14.5 Å². The molecule has 0 saturated heterocycles. The van der Waals surface area contributed by atoms with Gasteiger partial charge in [-0.2, -0.15) is 0 Å². The molecule has 1 heterocycles. The van der Waals surface area contributed by atoms with Gasteiger partial charge in [-0.1, -0.05) is 47.5 Å². The predicted molar refractivity (Wildman–Crippen MR) is 78.2 cm³/mol. The first-order valence-corrected chi connectivity index (χ1v) is 6.66. The van der Waals surface area contributed by atoms with Crippen LogP contribution < -0.4 is 4.90 Å². The Morgan fingerprint density at radius 3 is 2.60 bits per heavy atom. The fourth-order valence-electron chi connectivity index (χ4n) is 2.46. The van der Waals surface area contributed by atoms with E-state index in [1.54, 1.807) is 18.2 Å². The average Bonchev–Trinajstić information content (AvgIpc) is 2.66. The van der Waals surface area contributed by atoms with E-state index in [0.29, 0.717) is 22.8 Å². The van der Waals surface area contributed by atoms with Gasteiger partial charge in [0.05, 0.1) is 22.8 Å². The first-order valence-electron chi connectivity index (χ1n) is 6.28. The second-order valence-corrected chi connectivity index (χ2v) is 5.25. The second-order valence-electron chi connectivity index (χ2n) is 4.85. The molecular weight excluding hydrogens is 274 g/mol. The van der Waals surface area contributed by atoms with Gasteiger partial charge in [-0.05, 0) is 24.6 Å². The smallest absolute Gasteiger partial charge is 0.299 e. The summed E-state index contributed by atoms with van der Waals surface area (Å²) in [6, 6.07) is 12.9. The number of amides is 1. The number of carbonyl (C=O) groups is 2. The van der Waals surface area contributed by atoms with Gasteiger partial charge in [0.1, 0.15) is 0 Å². The number of Topliss-reactive ketones (excluding diaryl/α,β-unsaturated/α-hetero) is 1. The Balaban J connectivity index is 2.03. The zero-order valence-corrected chi connectivity index (χ0v) is 11.6. The quantitative estimate of drug-likeness (QED) is 0.793. The molecule has 0 aromatic heterocycles. The fraction of sp³-hybridized carbons (Fsp3) is 0.125. The number of anilines is 1. The summed E-state index contributed by atoms with van der Waals surface area (Å²) < 4.78 is 0. The van der Waals surface area contributed by atoms with E-state index in [0.717, 1.165) is 11.1 Å². The zero-order valence-electron chi connectivity index (χ0n) is 10.9. The predicted octanol–water partition coefficient (Wildman–Crippen LogP) is 3.38. The number of rotatable bonds is 2. The number of ketones is 1. The average molecular weight is 286 g/mol. The molecule has 100 valence electrons. The molecule has 1 aliphatic rings. The van der Waals surface area contributed by atoms with Crippen molar-refractivity contribution in [3.05, 3.63) is 64.2 Å². The minimum absolute atomic E-state index is 0.350. The topological polar surface area (TPSA) is 37.4 Å². The van der Waals surface area contributed by atoms with E-state index in [9.17, 15) is 9.59 Å². The third kappa shape index (κ3) is 2.00. The minimum Gasteiger partial charge on any atom is -0.299 e. The highest BCUT2D eigenvalue weighted by Crippen LogP contribution is 2.36. The van der Waals surface area contributed by atoms with Crippen molar-refractivity contribution >= 4 is 29.0 Å². The van der Waals surface area contributed by atoms with E-state index in [1.807, 2.05) is 31.2 Å². The summed E-state index contributed by atoms with van der Waals surface area (Å²) in [6.45, 7) is 2.34. The first kappa shape index (κ1) is 12.9. The molecule has 0 unspecified atom stereocenters. The number of aryl methyl sites for hydroxylation is 1. The Hall–Kier alpha value is -2.13. The van der Waals surface area contributed by atoms with E-state index >= 15 is 0 Å². The summed E-state index contributed by atoms with van der Waals surface area (Å²) in [5.41, 5.74) is 2.99. The molecule has 1 aliphatic heterocycles. The van der Waals surface area contributed by atoms with Crippen LogP contribution in [-0.2, 0) is 11.3 Å². The molecule has 2 aromatic carbocycles. The molecule has 4 heteroatoms. The molecule has 0 spiro atoms. The molecule has 0 bridgehead atoms. The minimum atomic E-state index is -0.519. The molecule has 20 heavy (non-hydrogen) atoms. The molecule has 0 N–H and O–H groups in total. The van der Waals surface area contributed by atoms with Crippen molar-refractivity contribution in [1.29, 1.82) is 0 Å². The van der Waals surface area contributed by atoms with Crippen LogP contribution in [0.5, 0.6) is 0 Å². The van der Waals surface area contributed by atoms with Crippen molar-refractivity contribution in [2.45, 2.75) is 13.5 Å². The molecular formula is C16H12ClNO2. The Kier molecular flexibility index (Phi) is 3.07. The maximum Gasteiger partial charge on any atom is 0.299 e. The van der Waals surface area contributed by atoms with Gasteiger partial charge in [-0.15, -0.1) is 0 Å². The zero-order chi connectivity index (χ0) is 14.3. The molecule has 0 fully saturated rings. The van der Waals surface area contributed by atoms with Crippen molar-refractivity contribution in [2.75, 3.05) is 4.90 Å². The normalized spacial score (nSPS) is 13.8. The summed E-state index contributed by atoms with van der Waals surface area (Å²) in [7, 11) is 0. The molecule has 0 aliphatic carbocycles. The number of benzene rings is 2. The Morgan fingerprint density at radius 2 is 1.85 bits per heavy atom. The maximum atomic E-state index is 12.1. The highest BCUT2D eigenvalue weighted by atomic mass is 35.5. The van der Waals surface area contributed by atoms with Crippen LogP contribution in [0.1, 0.15) is 21.5 Å². The van der Waals surface area contributed by atoms with Crippen LogP contribution in [0.3, 0.4) is 0 Å². The summed E-state index contributed by atoms with van der Waals surface area (Å²) >= 11 is 6.15. The van der Waals surface area contributed by atoms with Crippen molar-refractivity contribution < 1.29 is 9.59 Å². The van der Waals surface area contributed by atoms with Crippen LogP contribution in [-0.4, -0.2) is 11.7 Å². The maximum absolute atomic E-state index is 12.1. The molecule has 3 nitrogen and oxygen atoms in total. The monoisotopic (exact) mass is 285 g/mol. The SMILES string of the molecule is Cc1cccc(CN2C(=O)C(=O)c3cccc(Cl)c32)c1. The van der Waals surface area contributed by atoms with Crippen LogP contribution in [0.15, 0.2) is 42.5 Å². The van der Waals surface area contributed by atoms with Crippen LogP contribution >= 0.6 is 11.6 Å². The van der Waals surface area contributed by atoms with Gasteiger partial charge in [0, 0.05) is 0 Å². The third-order valence-electron chi connectivity index (χ3n) is 3.36. The molecule has 0 saturated carbocycles. The lowest BCUT2D eigenvalue weighted by atomic mass is 10.1. The molecule has 0 radical (unpaired) electrons. The lowest BCUT2D eigenvalue weighted by Crippen LogP contribution is -2.29. The number of hydrogen-bond donors (Lipinski definition) is 0. The highest BCUT2D eigenvalue weighted by molar-refractivity contribution is 6.54. The van der Waals surface area contributed by atoms with E-state index in [4.69, 9.17) is 11.6 Å². The van der Waals surface area contributed by atoms with Crippen molar-refractivity contribution in [2.24, 2.45) is 0 Å². The van der Waals surface area contributed by atoms with Crippen LogP contribution in [0.4, 0.5) is 5.69 Å². The van der Waals surface area contributed by atoms with Crippen molar-refractivity contribution in [1.82, 2.24) is 0 Å². The molecule has 0 atom stereocenters. The molecule has 1 amide bonds. The van der Waals surface area contributed by atoms with Gasteiger partial charge < -0.3 is 0 Å². The number of para-hydroxylation sites is 1. The van der Waals surface area contributed by atoms with Gasteiger partial charge in [0.2, 0.25) is 0 Å². The largest absolute Gasteiger partial charge is 0.299 e. The first-order chi connectivity index (χ1) is 9.58. The molecule has 2 aromatic rings. The van der Waals surface area contributed by atoms with E-state index in [-0.39, 0.29) is 0 Å². The second kappa shape index (κ2) is 4.76. The Labute approximate surface area is 121 Å². The number of halogens is 1. The summed E-state index contributed by atoms with van der Waals surface area (Å²) in [4.78, 5) is 25.5. The van der Waals surface area contributed by atoms with E-state index in [1.165, 1.54) is 4.90 Å². The number of nitrogens with zero attached hydrogens (tertiary/aromatic N) is 1. The van der Waals surface area contributed by atoms with E-state index in [2.05, 4.69) is 0 Å². The number of fused-ring (bicyclic) bond motifs is 1. The summed E-state index contributed by atoms with van der Waals surface area (Å²) in [5.74, 6) is -1.01. The lowest BCUT2D eigenvalue weighted by Gasteiger charge is -2.18. The van der Waals surface area contributed by atoms with Gasteiger partial charge in [0.15, 0.2) is 0 Å². The van der Waals surface area contributed by atoms with Crippen LogP contribution in [0, 0.1) is 6.92 Å². The van der Waals surface area contributed by atoms with E-state index < -0.39 is 11.7 Å². The van der Waals surface area contributed by atoms with Gasteiger partial charge >= 0.3 is 0 Å². The standard InChI is InChI=1S/C16H12ClNO2/c1-10-4-2-5-11(8-10)9-18-14-12(15(19)16(18)20)6-3-7-13(14)17/h2-8H,9H2,1H3. The third-order valence-corrected chi connectivity index (χ3v) is 3.67. The number of hydrogen-bond acceptors (Lipinski definition) is 2. The van der Waals surface area contributed by atoms with Crippen molar-refractivity contribution in [3.8, 4) is 0 Å². The van der Waals surface area contributed by atoms with Crippen LogP contribution in [0.25, 0.3) is 0 Å². The highest BCUT2D eigenvalue weighted by Gasteiger charge is 2.37. The van der Waals surface area contributed by atoms with Crippen LogP contribution in [0.2, 0.25) is 5.02 Å². The van der Waals surface area contributed by atoms with Gasteiger partial charge in [-0.25, -0.2) is 0 Å². The fourth-order valence-corrected chi connectivity index (χ4v) is 2.73. The summed E-state index contributed by atoms with van der Waals surface area (Å²) in [6.07, 6.45) is 0.